The Hall–Kier alpha value is -2.31. The molecule has 114 valence electrons. The summed E-state index contributed by atoms with van der Waals surface area (Å²) in [6.07, 6.45) is 2.45. The third-order valence-electron chi connectivity index (χ3n) is 2.82. The van der Waals surface area contributed by atoms with E-state index < -0.39 is 0 Å². The number of hydrogen-bond acceptors (Lipinski definition) is 3. The van der Waals surface area contributed by atoms with Crippen molar-refractivity contribution in [3.8, 4) is 0 Å². The van der Waals surface area contributed by atoms with E-state index in [-0.39, 0.29) is 12.1 Å². The van der Waals surface area contributed by atoms with E-state index in [1.54, 1.807) is 42.0 Å². The molecule has 1 rings (SSSR count). The second kappa shape index (κ2) is 6.92. The standard InChI is InChI=1S/C14H21N5O2/c1-9(15-13(20)18(3)4)11-7-8-12(17-11)10(2)16-14(21)19(5)6/h7H,8H2,1-6H3/b15-9+,16-10-. The Morgan fingerprint density at radius 1 is 1.00 bits per heavy atom. The van der Waals surface area contributed by atoms with Crippen LogP contribution in [0.2, 0.25) is 0 Å². The Kier molecular flexibility index (Phi) is 5.52. The second-order valence-electron chi connectivity index (χ2n) is 5.10. The van der Waals surface area contributed by atoms with Gasteiger partial charge in [0.25, 0.3) is 0 Å². The van der Waals surface area contributed by atoms with Gasteiger partial charge in [-0.25, -0.2) is 14.6 Å². The lowest BCUT2D eigenvalue weighted by atomic mass is 10.2. The summed E-state index contributed by atoms with van der Waals surface area (Å²) in [7, 11) is 6.56. The van der Waals surface area contributed by atoms with Crippen molar-refractivity contribution in [1.82, 2.24) is 9.80 Å². The smallest absolute Gasteiger partial charge is 0.329 e. The van der Waals surface area contributed by atoms with E-state index in [0.717, 1.165) is 0 Å². The highest BCUT2D eigenvalue weighted by atomic mass is 16.2. The topological polar surface area (TPSA) is 77.7 Å². The van der Waals surface area contributed by atoms with E-state index in [4.69, 9.17) is 0 Å². The largest absolute Gasteiger partial charge is 0.343 e. The lowest BCUT2D eigenvalue weighted by molar-refractivity contribution is 0.226. The predicted octanol–water partition coefficient (Wildman–Crippen LogP) is 2.00. The van der Waals surface area contributed by atoms with Gasteiger partial charge in [0, 0.05) is 34.6 Å². The molecule has 0 aliphatic carbocycles. The number of aliphatic imine (C=N–C) groups is 3. The van der Waals surface area contributed by atoms with Gasteiger partial charge in [0.2, 0.25) is 0 Å². The number of hydrogen-bond donors (Lipinski definition) is 0. The summed E-state index contributed by atoms with van der Waals surface area (Å²) in [6, 6.07) is -0.651. The number of urea groups is 2. The number of rotatable bonds is 2. The summed E-state index contributed by atoms with van der Waals surface area (Å²) in [5.74, 6) is 0. The van der Waals surface area contributed by atoms with Gasteiger partial charge in [-0.15, -0.1) is 0 Å². The van der Waals surface area contributed by atoms with Gasteiger partial charge >= 0.3 is 12.1 Å². The van der Waals surface area contributed by atoms with Crippen molar-refractivity contribution in [3.05, 3.63) is 11.8 Å². The summed E-state index contributed by atoms with van der Waals surface area (Å²) >= 11 is 0. The van der Waals surface area contributed by atoms with Gasteiger partial charge in [0.1, 0.15) is 0 Å². The summed E-state index contributed by atoms with van der Waals surface area (Å²) in [5.41, 5.74) is 2.49. The zero-order chi connectivity index (χ0) is 16.2. The Labute approximate surface area is 124 Å². The lowest BCUT2D eigenvalue weighted by Crippen LogP contribution is -2.21. The van der Waals surface area contributed by atoms with Crippen LogP contribution in [0.25, 0.3) is 0 Å². The molecule has 4 amide bonds. The minimum absolute atomic E-state index is 0.322. The van der Waals surface area contributed by atoms with Crippen LogP contribution in [0.15, 0.2) is 26.8 Å². The summed E-state index contributed by atoms with van der Waals surface area (Å²) < 4.78 is 0. The first-order chi connectivity index (χ1) is 9.72. The molecule has 1 heterocycles. The van der Waals surface area contributed by atoms with Crippen LogP contribution >= 0.6 is 0 Å². The molecule has 0 saturated carbocycles. The van der Waals surface area contributed by atoms with E-state index in [2.05, 4.69) is 15.0 Å². The van der Waals surface area contributed by atoms with E-state index in [1.807, 2.05) is 6.08 Å². The van der Waals surface area contributed by atoms with E-state index in [9.17, 15) is 9.59 Å². The first kappa shape index (κ1) is 16.7. The van der Waals surface area contributed by atoms with Gasteiger partial charge in [0.15, 0.2) is 0 Å². The van der Waals surface area contributed by atoms with Crippen molar-refractivity contribution in [1.29, 1.82) is 0 Å². The number of carbonyl (C=O) groups is 2. The fourth-order valence-electron chi connectivity index (χ4n) is 1.50. The molecule has 0 N–H and O–H groups in total. The van der Waals surface area contributed by atoms with Gasteiger partial charge in [-0.2, -0.15) is 9.98 Å². The molecule has 0 spiro atoms. The highest BCUT2D eigenvalue weighted by Gasteiger charge is 2.15. The highest BCUT2D eigenvalue weighted by molar-refractivity contribution is 6.44. The number of allylic oxidation sites excluding steroid dienone is 2. The van der Waals surface area contributed by atoms with Crippen LogP contribution in [0.3, 0.4) is 0 Å². The molecule has 0 aromatic carbocycles. The maximum atomic E-state index is 11.5. The minimum atomic E-state index is -0.328. The van der Waals surface area contributed by atoms with Crippen LogP contribution in [-0.4, -0.2) is 67.2 Å². The van der Waals surface area contributed by atoms with E-state index >= 15 is 0 Å². The monoisotopic (exact) mass is 291 g/mol. The van der Waals surface area contributed by atoms with Crippen molar-refractivity contribution in [2.45, 2.75) is 20.3 Å². The molecule has 0 aromatic heterocycles. The maximum Gasteiger partial charge on any atom is 0.343 e. The molecule has 1 aliphatic heterocycles. The molecule has 1 aliphatic rings. The molecule has 0 aromatic rings. The van der Waals surface area contributed by atoms with Crippen molar-refractivity contribution in [3.63, 3.8) is 0 Å². The zero-order valence-corrected chi connectivity index (χ0v) is 13.3. The second-order valence-corrected chi connectivity index (χ2v) is 5.10. The maximum absolute atomic E-state index is 11.5. The third-order valence-corrected chi connectivity index (χ3v) is 2.82. The summed E-state index contributed by atoms with van der Waals surface area (Å²) in [5, 5.41) is 0. The van der Waals surface area contributed by atoms with Gasteiger partial charge in [-0.1, -0.05) is 6.08 Å². The molecule has 0 unspecified atom stereocenters. The van der Waals surface area contributed by atoms with Crippen LogP contribution in [0.5, 0.6) is 0 Å². The Bertz CT molecular complexity index is 568. The van der Waals surface area contributed by atoms with Gasteiger partial charge in [-0.05, 0) is 13.8 Å². The van der Waals surface area contributed by atoms with Crippen LogP contribution in [0, 0.1) is 0 Å². The average Bonchev–Trinajstić information content (AvgIpc) is 2.87. The van der Waals surface area contributed by atoms with Gasteiger partial charge in [0.05, 0.1) is 22.8 Å². The minimum Gasteiger partial charge on any atom is -0.329 e. The fourth-order valence-corrected chi connectivity index (χ4v) is 1.50. The molecule has 7 heteroatoms. The molecule has 0 radical (unpaired) electrons. The van der Waals surface area contributed by atoms with Crippen LogP contribution in [0.1, 0.15) is 20.3 Å². The van der Waals surface area contributed by atoms with E-state index in [1.165, 1.54) is 9.80 Å². The highest BCUT2D eigenvalue weighted by Crippen LogP contribution is 2.14. The predicted molar refractivity (Wildman–Crippen MR) is 84.5 cm³/mol. The van der Waals surface area contributed by atoms with Crippen molar-refractivity contribution < 1.29 is 9.59 Å². The summed E-state index contributed by atoms with van der Waals surface area (Å²) in [4.78, 5) is 38.2. The molecule has 0 atom stereocenters. The number of nitrogens with zero attached hydrogens (tertiary/aromatic N) is 5. The van der Waals surface area contributed by atoms with Crippen molar-refractivity contribution >= 4 is 29.2 Å². The third kappa shape index (κ3) is 4.62. The fraction of sp³-hybridized carbons (Fsp3) is 0.500. The Morgan fingerprint density at radius 2 is 1.48 bits per heavy atom. The molecule has 0 saturated heterocycles. The van der Waals surface area contributed by atoms with Gasteiger partial charge < -0.3 is 9.80 Å². The first-order valence-corrected chi connectivity index (χ1v) is 6.54. The van der Waals surface area contributed by atoms with Crippen molar-refractivity contribution in [2.24, 2.45) is 15.0 Å². The Morgan fingerprint density at radius 3 is 1.95 bits per heavy atom. The molecule has 0 bridgehead atoms. The molecular formula is C14H21N5O2. The van der Waals surface area contributed by atoms with Crippen molar-refractivity contribution in [2.75, 3.05) is 28.2 Å². The van der Waals surface area contributed by atoms with Crippen LogP contribution in [0.4, 0.5) is 9.59 Å². The average molecular weight is 291 g/mol. The zero-order valence-electron chi connectivity index (χ0n) is 13.3. The SMILES string of the molecule is C/C(=N/C(=O)N(C)C)C1=NC(/C(C)=N/C(=O)N(C)C)=CC1. The summed E-state index contributed by atoms with van der Waals surface area (Å²) in [6.45, 7) is 3.48. The first-order valence-electron chi connectivity index (χ1n) is 6.54. The van der Waals surface area contributed by atoms with Gasteiger partial charge in [-0.3, -0.25) is 0 Å². The molecule has 7 nitrogen and oxygen atoms in total. The van der Waals surface area contributed by atoms with E-state index in [0.29, 0.717) is 29.3 Å². The molecule has 21 heavy (non-hydrogen) atoms. The lowest BCUT2D eigenvalue weighted by Gasteiger charge is -2.07. The molecular weight excluding hydrogens is 270 g/mol. The Balaban J connectivity index is 2.87. The normalized spacial score (nSPS) is 15.5. The van der Waals surface area contributed by atoms with Crippen LogP contribution < -0.4 is 0 Å². The van der Waals surface area contributed by atoms with Crippen LogP contribution in [-0.2, 0) is 0 Å². The quantitative estimate of drug-likeness (QED) is 0.729. The number of amides is 4. The number of carbonyl (C=O) groups excluding carboxylic acids is 2. The molecule has 0 fully saturated rings.